The second-order valence-electron chi connectivity index (χ2n) is 4.39. The fourth-order valence-electron chi connectivity index (χ4n) is 1.83. The summed E-state index contributed by atoms with van der Waals surface area (Å²) in [5.74, 6) is -1.10. The quantitative estimate of drug-likeness (QED) is 0.805. The average molecular weight is 288 g/mol. The number of amides is 2. The summed E-state index contributed by atoms with van der Waals surface area (Å²) in [7, 11) is 1.60. The summed E-state index contributed by atoms with van der Waals surface area (Å²) in [6, 6.07) is 8.52. The van der Waals surface area contributed by atoms with Crippen LogP contribution in [0.4, 0.5) is 0 Å². The van der Waals surface area contributed by atoms with Crippen molar-refractivity contribution in [2.24, 2.45) is 5.73 Å². The van der Waals surface area contributed by atoms with Gasteiger partial charge in [-0.1, -0.05) is 12.1 Å². The van der Waals surface area contributed by atoms with E-state index < -0.39 is 18.0 Å². The zero-order valence-electron chi connectivity index (χ0n) is 11.5. The Morgan fingerprint density at radius 2 is 2.10 bits per heavy atom. The van der Waals surface area contributed by atoms with E-state index >= 15 is 0 Å². The molecule has 2 aromatic rings. The molecule has 0 saturated heterocycles. The maximum atomic E-state index is 12.1. The molecule has 0 aliphatic carbocycles. The van der Waals surface area contributed by atoms with Crippen molar-refractivity contribution in [3.8, 4) is 0 Å². The number of carbonyl (C=O) groups is 2. The van der Waals surface area contributed by atoms with Gasteiger partial charge in [0.25, 0.3) is 11.8 Å². The van der Waals surface area contributed by atoms with Gasteiger partial charge in [-0.3, -0.25) is 9.59 Å². The molecule has 21 heavy (non-hydrogen) atoms. The third kappa shape index (κ3) is 3.67. The number of rotatable bonds is 6. The summed E-state index contributed by atoms with van der Waals surface area (Å²) in [5, 5.41) is 6.45. The minimum Gasteiger partial charge on any atom is -0.380 e. The molecule has 110 valence electrons. The number of nitrogens with one attached hydrogen (secondary N) is 1. The van der Waals surface area contributed by atoms with Gasteiger partial charge in [0, 0.05) is 25.1 Å². The van der Waals surface area contributed by atoms with Gasteiger partial charge in [0.2, 0.25) is 6.17 Å². The van der Waals surface area contributed by atoms with Crippen molar-refractivity contribution in [3.05, 3.63) is 53.9 Å². The van der Waals surface area contributed by atoms with E-state index in [9.17, 15) is 9.59 Å². The number of hydrogen-bond donors (Lipinski definition) is 2. The van der Waals surface area contributed by atoms with Gasteiger partial charge >= 0.3 is 0 Å². The Morgan fingerprint density at radius 1 is 1.38 bits per heavy atom. The van der Waals surface area contributed by atoms with Crippen LogP contribution in [0, 0.1) is 0 Å². The van der Waals surface area contributed by atoms with E-state index in [4.69, 9.17) is 10.5 Å². The normalized spacial score (nSPS) is 11.9. The van der Waals surface area contributed by atoms with E-state index in [-0.39, 0.29) is 0 Å². The molecule has 0 radical (unpaired) electrons. The van der Waals surface area contributed by atoms with Crippen LogP contribution < -0.4 is 11.1 Å². The van der Waals surface area contributed by atoms with E-state index in [2.05, 4.69) is 10.4 Å². The highest BCUT2D eigenvalue weighted by Gasteiger charge is 2.20. The number of methoxy groups -OCH3 is 1. The van der Waals surface area contributed by atoms with Crippen LogP contribution >= 0.6 is 0 Å². The first-order valence-electron chi connectivity index (χ1n) is 6.29. The van der Waals surface area contributed by atoms with Crippen molar-refractivity contribution in [2.75, 3.05) is 7.11 Å². The highest BCUT2D eigenvalue weighted by Crippen LogP contribution is 2.07. The SMILES string of the molecule is COCc1ccc(C(=O)NC(C(N)=O)n2cccn2)cc1. The smallest absolute Gasteiger partial charge is 0.262 e. The Labute approximate surface area is 121 Å². The molecule has 1 heterocycles. The molecule has 0 saturated carbocycles. The molecule has 0 spiro atoms. The summed E-state index contributed by atoms with van der Waals surface area (Å²) in [6.07, 6.45) is 2.03. The van der Waals surface area contributed by atoms with Crippen LogP contribution in [0.5, 0.6) is 0 Å². The number of ether oxygens (including phenoxy) is 1. The molecule has 1 atom stereocenters. The molecule has 7 heteroatoms. The van der Waals surface area contributed by atoms with Gasteiger partial charge in [0.15, 0.2) is 0 Å². The molecular formula is C14H16N4O3. The van der Waals surface area contributed by atoms with Gasteiger partial charge in [-0.25, -0.2) is 4.68 Å². The van der Waals surface area contributed by atoms with E-state index in [1.165, 1.54) is 10.9 Å². The number of nitrogens with two attached hydrogens (primary N) is 1. The maximum Gasteiger partial charge on any atom is 0.262 e. The fraction of sp³-hybridized carbons (Fsp3) is 0.214. The monoisotopic (exact) mass is 288 g/mol. The lowest BCUT2D eigenvalue weighted by molar-refractivity contribution is -0.122. The first-order chi connectivity index (χ1) is 10.1. The number of hydrogen-bond acceptors (Lipinski definition) is 4. The summed E-state index contributed by atoms with van der Waals surface area (Å²) in [6.45, 7) is 0.471. The van der Waals surface area contributed by atoms with Crippen molar-refractivity contribution in [1.82, 2.24) is 15.1 Å². The van der Waals surface area contributed by atoms with Gasteiger partial charge in [-0.15, -0.1) is 0 Å². The summed E-state index contributed by atoms with van der Waals surface area (Å²) in [5.41, 5.74) is 6.66. The Morgan fingerprint density at radius 3 is 2.62 bits per heavy atom. The second-order valence-corrected chi connectivity index (χ2v) is 4.39. The highest BCUT2D eigenvalue weighted by molar-refractivity contribution is 5.96. The molecule has 7 nitrogen and oxygen atoms in total. The van der Waals surface area contributed by atoms with Gasteiger partial charge in [0.1, 0.15) is 0 Å². The van der Waals surface area contributed by atoms with Crippen molar-refractivity contribution >= 4 is 11.8 Å². The lowest BCUT2D eigenvalue weighted by Crippen LogP contribution is -2.41. The molecule has 2 amide bonds. The Kier molecular flexibility index (Phi) is 4.68. The van der Waals surface area contributed by atoms with Crippen molar-refractivity contribution < 1.29 is 14.3 Å². The Hall–Kier alpha value is -2.67. The van der Waals surface area contributed by atoms with Crippen molar-refractivity contribution in [3.63, 3.8) is 0 Å². The molecule has 0 aliphatic heterocycles. The molecule has 3 N–H and O–H groups in total. The van der Waals surface area contributed by atoms with Crippen LogP contribution in [0.2, 0.25) is 0 Å². The first-order valence-corrected chi connectivity index (χ1v) is 6.29. The molecular weight excluding hydrogens is 272 g/mol. The van der Waals surface area contributed by atoms with Crippen LogP contribution in [0.15, 0.2) is 42.7 Å². The molecule has 1 aromatic carbocycles. The van der Waals surface area contributed by atoms with Crippen LogP contribution in [-0.2, 0) is 16.1 Å². The summed E-state index contributed by atoms with van der Waals surface area (Å²) >= 11 is 0. The van der Waals surface area contributed by atoms with Crippen molar-refractivity contribution in [1.29, 1.82) is 0 Å². The predicted molar refractivity (Wildman–Crippen MR) is 75.1 cm³/mol. The Bertz CT molecular complexity index is 608. The minimum atomic E-state index is -1.02. The van der Waals surface area contributed by atoms with Gasteiger partial charge in [-0.2, -0.15) is 5.10 Å². The number of aromatic nitrogens is 2. The van der Waals surface area contributed by atoms with Gasteiger partial charge in [-0.05, 0) is 23.8 Å². The van der Waals surface area contributed by atoms with E-state index in [1.54, 1.807) is 43.6 Å². The van der Waals surface area contributed by atoms with E-state index in [0.29, 0.717) is 12.2 Å². The number of carbonyl (C=O) groups excluding carboxylic acids is 2. The third-order valence-corrected chi connectivity index (χ3v) is 2.85. The topological polar surface area (TPSA) is 99.2 Å². The molecule has 0 fully saturated rings. The van der Waals surface area contributed by atoms with E-state index in [1.807, 2.05) is 0 Å². The number of nitrogens with zero attached hydrogens (tertiary/aromatic N) is 2. The molecule has 0 aliphatic rings. The second kappa shape index (κ2) is 6.67. The number of benzene rings is 1. The zero-order chi connectivity index (χ0) is 15.2. The van der Waals surface area contributed by atoms with Crippen molar-refractivity contribution in [2.45, 2.75) is 12.8 Å². The zero-order valence-corrected chi connectivity index (χ0v) is 11.5. The molecule has 1 unspecified atom stereocenters. The van der Waals surface area contributed by atoms with Gasteiger partial charge in [0.05, 0.1) is 6.61 Å². The number of primary amides is 1. The van der Waals surface area contributed by atoms with E-state index in [0.717, 1.165) is 5.56 Å². The average Bonchev–Trinajstić information content (AvgIpc) is 2.99. The molecule has 1 aromatic heterocycles. The predicted octanol–water partition coefficient (Wildman–Crippen LogP) is 0.443. The maximum absolute atomic E-state index is 12.1. The first kappa shape index (κ1) is 14.7. The molecule has 2 rings (SSSR count). The lowest BCUT2D eigenvalue weighted by Gasteiger charge is -2.16. The highest BCUT2D eigenvalue weighted by atomic mass is 16.5. The summed E-state index contributed by atoms with van der Waals surface area (Å²) < 4.78 is 6.29. The minimum absolute atomic E-state index is 0.404. The van der Waals surface area contributed by atoms with Crippen LogP contribution in [0.3, 0.4) is 0 Å². The summed E-state index contributed by atoms with van der Waals surface area (Å²) in [4.78, 5) is 23.6. The molecule has 0 bridgehead atoms. The largest absolute Gasteiger partial charge is 0.380 e. The fourth-order valence-corrected chi connectivity index (χ4v) is 1.83. The third-order valence-electron chi connectivity index (χ3n) is 2.85. The van der Waals surface area contributed by atoms with Crippen LogP contribution in [0.1, 0.15) is 22.1 Å². The van der Waals surface area contributed by atoms with Crippen LogP contribution in [0.25, 0.3) is 0 Å². The van der Waals surface area contributed by atoms with Gasteiger partial charge < -0.3 is 15.8 Å². The standard InChI is InChI=1S/C14H16N4O3/c1-21-9-10-3-5-11(6-4-10)14(20)17-13(12(15)19)18-8-2-7-16-18/h2-8,13H,9H2,1H3,(H2,15,19)(H,17,20). The van der Waals surface area contributed by atoms with Crippen LogP contribution in [-0.4, -0.2) is 28.7 Å². The lowest BCUT2D eigenvalue weighted by atomic mass is 10.1. The Balaban J connectivity index is 2.10.